The van der Waals surface area contributed by atoms with Gasteiger partial charge in [0.25, 0.3) is 5.78 Å². The number of rotatable bonds is 6. The van der Waals surface area contributed by atoms with Gasteiger partial charge in [0.1, 0.15) is 18.4 Å². The zero-order valence-corrected chi connectivity index (χ0v) is 20.7. The number of aliphatic hydroxyl groups is 1. The molecule has 1 fully saturated rings. The average Bonchev–Trinajstić information content (AvgIpc) is 3.51. The molecule has 1 unspecified atom stereocenters. The summed E-state index contributed by atoms with van der Waals surface area (Å²) in [4.78, 5) is 31.9. The van der Waals surface area contributed by atoms with Gasteiger partial charge in [-0.3, -0.25) is 14.5 Å². The van der Waals surface area contributed by atoms with Crippen LogP contribution < -0.4 is 4.90 Å². The number of aliphatic hydroxyl groups excluding tert-OH is 1. The van der Waals surface area contributed by atoms with Gasteiger partial charge in [0.15, 0.2) is 5.82 Å². The first kappa shape index (κ1) is 24.1. The standard InChI is InChI=1S/C28H26N6O3/c1-17(2)20-9-11-22(12-10-20)26(35)24-25(21-7-5-19(6-8-21)14-33-16-29-15-30-33)34(28(37)27(24)36)23-13-4-18(3)31-32-23/h4-13,15-17,25,35H,14H2,1-3H3. The molecule has 0 bridgehead atoms. The molecule has 0 saturated carbocycles. The van der Waals surface area contributed by atoms with E-state index >= 15 is 0 Å². The number of aromatic nitrogens is 5. The molecule has 37 heavy (non-hydrogen) atoms. The van der Waals surface area contributed by atoms with Crippen LogP contribution in [-0.4, -0.2) is 41.8 Å². The number of ketones is 1. The highest BCUT2D eigenvalue weighted by molar-refractivity contribution is 6.51. The van der Waals surface area contributed by atoms with Crippen LogP contribution in [-0.2, 0) is 16.1 Å². The van der Waals surface area contributed by atoms with Crippen LogP contribution in [0, 0.1) is 6.92 Å². The fourth-order valence-electron chi connectivity index (χ4n) is 4.39. The number of benzene rings is 2. The summed E-state index contributed by atoms with van der Waals surface area (Å²) in [5.74, 6) is -1.22. The predicted octanol–water partition coefficient (Wildman–Crippen LogP) is 4.17. The van der Waals surface area contributed by atoms with E-state index in [4.69, 9.17) is 0 Å². The van der Waals surface area contributed by atoms with E-state index < -0.39 is 17.7 Å². The van der Waals surface area contributed by atoms with Crippen LogP contribution in [0.4, 0.5) is 5.82 Å². The van der Waals surface area contributed by atoms with Crippen LogP contribution in [0.3, 0.4) is 0 Å². The monoisotopic (exact) mass is 494 g/mol. The summed E-state index contributed by atoms with van der Waals surface area (Å²) < 4.78 is 1.70. The topological polar surface area (TPSA) is 114 Å². The van der Waals surface area contributed by atoms with Crippen molar-refractivity contribution >= 4 is 23.3 Å². The summed E-state index contributed by atoms with van der Waals surface area (Å²) >= 11 is 0. The molecule has 9 nitrogen and oxygen atoms in total. The lowest BCUT2D eigenvalue weighted by Gasteiger charge is -2.24. The number of amides is 1. The number of hydrogen-bond donors (Lipinski definition) is 1. The van der Waals surface area contributed by atoms with Crippen molar-refractivity contribution in [3.8, 4) is 0 Å². The number of Topliss-reactive ketones (excluding diaryl/α,β-unsaturated/α-hetero) is 1. The Bertz CT molecular complexity index is 1460. The Labute approximate surface area is 214 Å². The van der Waals surface area contributed by atoms with Gasteiger partial charge in [0, 0.05) is 5.56 Å². The summed E-state index contributed by atoms with van der Waals surface area (Å²) in [6, 6.07) is 17.3. The van der Waals surface area contributed by atoms with E-state index in [1.54, 1.807) is 42.2 Å². The highest BCUT2D eigenvalue weighted by Gasteiger charge is 2.47. The smallest absolute Gasteiger partial charge is 0.301 e. The highest BCUT2D eigenvalue weighted by atomic mass is 16.3. The van der Waals surface area contributed by atoms with Crippen LogP contribution in [0.2, 0.25) is 0 Å². The fourth-order valence-corrected chi connectivity index (χ4v) is 4.39. The predicted molar refractivity (Wildman–Crippen MR) is 138 cm³/mol. The minimum Gasteiger partial charge on any atom is -0.507 e. The van der Waals surface area contributed by atoms with Gasteiger partial charge in [-0.05, 0) is 41.7 Å². The summed E-state index contributed by atoms with van der Waals surface area (Å²) in [6.45, 7) is 6.47. The average molecular weight is 495 g/mol. The van der Waals surface area contributed by atoms with Gasteiger partial charge in [-0.2, -0.15) is 10.2 Å². The molecule has 1 aliphatic rings. The maximum Gasteiger partial charge on any atom is 0.301 e. The van der Waals surface area contributed by atoms with Gasteiger partial charge >= 0.3 is 5.91 Å². The molecule has 0 spiro atoms. The second-order valence-corrected chi connectivity index (χ2v) is 9.31. The first-order chi connectivity index (χ1) is 17.8. The Morgan fingerprint density at radius 3 is 2.30 bits per heavy atom. The quantitative estimate of drug-likeness (QED) is 0.243. The molecule has 3 heterocycles. The summed E-state index contributed by atoms with van der Waals surface area (Å²) in [7, 11) is 0. The molecule has 186 valence electrons. The lowest BCUT2D eigenvalue weighted by Crippen LogP contribution is -2.30. The molecular formula is C28H26N6O3. The van der Waals surface area contributed by atoms with Crippen LogP contribution >= 0.6 is 0 Å². The van der Waals surface area contributed by atoms with Gasteiger partial charge in [0.2, 0.25) is 0 Å². The first-order valence-corrected chi connectivity index (χ1v) is 12.0. The van der Waals surface area contributed by atoms with E-state index in [1.807, 2.05) is 36.4 Å². The minimum absolute atomic E-state index is 0.00805. The van der Waals surface area contributed by atoms with Crippen molar-refractivity contribution < 1.29 is 14.7 Å². The molecule has 4 aromatic rings. The number of carbonyl (C=O) groups is 2. The molecule has 2 aromatic carbocycles. The Morgan fingerprint density at radius 1 is 0.973 bits per heavy atom. The van der Waals surface area contributed by atoms with E-state index in [9.17, 15) is 14.7 Å². The number of carbonyl (C=O) groups excluding carboxylic acids is 2. The molecule has 1 N–H and O–H groups in total. The SMILES string of the molecule is Cc1ccc(N2C(=O)C(=O)C(=C(O)c3ccc(C(C)C)cc3)C2c2ccc(Cn3cncn3)cc2)nn1. The molecule has 0 aliphatic carbocycles. The number of nitrogens with zero attached hydrogens (tertiary/aromatic N) is 6. The van der Waals surface area contributed by atoms with Crippen molar-refractivity contribution in [3.63, 3.8) is 0 Å². The zero-order chi connectivity index (χ0) is 26.1. The maximum atomic E-state index is 13.3. The second-order valence-electron chi connectivity index (χ2n) is 9.31. The van der Waals surface area contributed by atoms with Crippen LogP contribution in [0.1, 0.15) is 53.8 Å². The lowest BCUT2D eigenvalue weighted by atomic mass is 9.93. The largest absolute Gasteiger partial charge is 0.507 e. The third kappa shape index (κ3) is 4.63. The molecule has 5 rings (SSSR count). The van der Waals surface area contributed by atoms with E-state index in [1.165, 1.54) is 11.2 Å². The molecule has 2 aromatic heterocycles. The van der Waals surface area contributed by atoms with Crippen LogP contribution in [0.5, 0.6) is 0 Å². The summed E-state index contributed by atoms with van der Waals surface area (Å²) in [5, 5.41) is 23.7. The van der Waals surface area contributed by atoms with Gasteiger partial charge in [-0.15, -0.1) is 5.10 Å². The molecular weight excluding hydrogens is 468 g/mol. The van der Waals surface area contributed by atoms with Crippen molar-refractivity contribution in [2.75, 3.05) is 4.90 Å². The third-order valence-electron chi connectivity index (χ3n) is 6.43. The van der Waals surface area contributed by atoms with E-state index in [0.29, 0.717) is 29.3 Å². The van der Waals surface area contributed by atoms with Crippen molar-refractivity contribution in [2.45, 2.75) is 39.3 Å². The Balaban J connectivity index is 1.61. The van der Waals surface area contributed by atoms with E-state index in [-0.39, 0.29) is 17.2 Å². The lowest BCUT2D eigenvalue weighted by molar-refractivity contribution is -0.132. The minimum atomic E-state index is -0.873. The summed E-state index contributed by atoms with van der Waals surface area (Å²) in [5.41, 5.74) is 3.87. The molecule has 1 atom stereocenters. The molecule has 0 radical (unpaired) electrons. The maximum absolute atomic E-state index is 13.3. The number of hydrogen-bond acceptors (Lipinski definition) is 7. The first-order valence-electron chi connectivity index (χ1n) is 12.0. The van der Waals surface area contributed by atoms with Crippen molar-refractivity contribution in [3.05, 3.63) is 107 Å². The van der Waals surface area contributed by atoms with Crippen LogP contribution in [0.25, 0.3) is 5.76 Å². The third-order valence-corrected chi connectivity index (χ3v) is 6.43. The van der Waals surface area contributed by atoms with Crippen molar-refractivity contribution in [2.24, 2.45) is 0 Å². The Kier molecular flexibility index (Phi) is 6.35. The second kappa shape index (κ2) is 9.77. The van der Waals surface area contributed by atoms with Gasteiger partial charge in [0.05, 0.1) is 23.9 Å². The fraction of sp³-hybridized carbons (Fsp3) is 0.214. The normalized spacial score (nSPS) is 17.1. The Morgan fingerprint density at radius 2 is 1.70 bits per heavy atom. The van der Waals surface area contributed by atoms with Gasteiger partial charge in [-0.1, -0.05) is 62.4 Å². The molecule has 9 heteroatoms. The zero-order valence-electron chi connectivity index (χ0n) is 20.7. The number of anilines is 1. The highest BCUT2D eigenvalue weighted by Crippen LogP contribution is 2.41. The molecule has 1 amide bonds. The van der Waals surface area contributed by atoms with Gasteiger partial charge in [-0.25, -0.2) is 9.67 Å². The summed E-state index contributed by atoms with van der Waals surface area (Å²) in [6.07, 6.45) is 3.10. The van der Waals surface area contributed by atoms with E-state index in [0.717, 1.165) is 11.1 Å². The van der Waals surface area contributed by atoms with Crippen molar-refractivity contribution in [1.82, 2.24) is 25.0 Å². The molecule has 1 saturated heterocycles. The number of aryl methyl sites for hydroxylation is 1. The van der Waals surface area contributed by atoms with Crippen LogP contribution in [0.15, 0.2) is 78.9 Å². The van der Waals surface area contributed by atoms with Gasteiger partial charge < -0.3 is 5.11 Å². The Hall–Kier alpha value is -4.66. The molecule has 1 aliphatic heterocycles. The van der Waals surface area contributed by atoms with Crippen molar-refractivity contribution in [1.29, 1.82) is 0 Å². The van der Waals surface area contributed by atoms with E-state index in [2.05, 4.69) is 34.1 Å².